The van der Waals surface area contributed by atoms with Crippen molar-refractivity contribution in [3.63, 3.8) is 0 Å². The highest BCUT2D eigenvalue weighted by molar-refractivity contribution is 8.30. The molecule has 0 saturated carbocycles. The van der Waals surface area contributed by atoms with Gasteiger partial charge in [0, 0.05) is 24.2 Å². The molecule has 0 heterocycles. The third kappa shape index (κ3) is 4.33. The summed E-state index contributed by atoms with van der Waals surface area (Å²) < 4.78 is 5.39. The highest BCUT2D eigenvalue weighted by Crippen LogP contribution is 2.49. The van der Waals surface area contributed by atoms with Gasteiger partial charge in [0.15, 0.2) is 0 Å². The molecule has 2 nitrogen and oxygen atoms in total. The standard InChI is InChI=1S/C11H18O2S/c1-5-8-14(9-6-2,10-7-3)13-11(4)12/h5-7H,1-3,8-10H2,4H3. The molecule has 0 radical (unpaired) electrons. The molecule has 0 atom stereocenters. The van der Waals surface area contributed by atoms with Crippen LogP contribution >= 0.6 is 10.3 Å². The van der Waals surface area contributed by atoms with Gasteiger partial charge in [0.05, 0.1) is 0 Å². The second kappa shape index (κ2) is 6.49. The summed E-state index contributed by atoms with van der Waals surface area (Å²) in [5.74, 6) is 1.85. The number of rotatable bonds is 7. The summed E-state index contributed by atoms with van der Waals surface area (Å²) in [6, 6.07) is 0. The van der Waals surface area contributed by atoms with Crippen LogP contribution in [0.2, 0.25) is 0 Å². The van der Waals surface area contributed by atoms with E-state index in [2.05, 4.69) is 19.7 Å². The van der Waals surface area contributed by atoms with E-state index in [1.54, 1.807) is 18.2 Å². The SMILES string of the molecule is C=CCS(CC=C)(CC=C)OC(C)=O. The molecule has 0 N–H and O–H groups in total. The zero-order chi connectivity index (χ0) is 11.0. The van der Waals surface area contributed by atoms with Crippen LogP contribution in [-0.2, 0) is 8.98 Å². The maximum absolute atomic E-state index is 11.0. The van der Waals surface area contributed by atoms with E-state index in [9.17, 15) is 4.79 Å². The fraction of sp³-hybridized carbons (Fsp3) is 0.364. The average Bonchev–Trinajstić information content (AvgIpc) is 2.03. The van der Waals surface area contributed by atoms with Gasteiger partial charge in [0.2, 0.25) is 0 Å². The molecule has 0 aromatic rings. The topological polar surface area (TPSA) is 26.3 Å². The zero-order valence-electron chi connectivity index (χ0n) is 8.70. The van der Waals surface area contributed by atoms with Crippen LogP contribution in [0.3, 0.4) is 0 Å². The minimum absolute atomic E-state index is 0.245. The van der Waals surface area contributed by atoms with Crippen LogP contribution in [0.4, 0.5) is 0 Å². The van der Waals surface area contributed by atoms with E-state index in [1.807, 2.05) is 0 Å². The van der Waals surface area contributed by atoms with Crippen LogP contribution in [0, 0.1) is 0 Å². The molecular weight excluding hydrogens is 196 g/mol. The van der Waals surface area contributed by atoms with Crippen LogP contribution in [0.15, 0.2) is 38.0 Å². The number of hydrogen-bond donors (Lipinski definition) is 0. The van der Waals surface area contributed by atoms with Gasteiger partial charge >= 0.3 is 5.97 Å². The predicted molar refractivity (Wildman–Crippen MR) is 64.5 cm³/mol. The highest BCUT2D eigenvalue weighted by atomic mass is 32.3. The van der Waals surface area contributed by atoms with Gasteiger partial charge in [-0.15, -0.1) is 19.7 Å². The van der Waals surface area contributed by atoms with Crippen LogP contribution in [0.5, 0.6) is 0 Å². The molecule has 0 bridgehead atoms. The minimum Gasteiger partial charge on any atom is -0.415 e. The van der Waals surface area contributed by atoms with Gasteiger partial charge in [-0.3, -0.25) is 4.79 Å². The molecular formula is C11H18O2S. The Hall–Kier alpha value is -0.960. The fourth-order valence-corrected chi connectivity index (χ4v) is 3.60. The summed E-state index contributed by atoms with van der Waals surface area (Å²) in [5.41, 5.74) is 0. The van der Waals surface area contributed by atoms with E-state index in [4.69, 9.17) is 4.18 Å². The van der Waals surface area contributed by atoms with Gasteiger partial charge in [-0.05, 0) is 0 Å². The Labute approximate surface area is 87.9 Å². The Balaban J connectivity index is 4.69. The molecule has 0 aliphatic heterocycles. The molecule has 0 unspecified atom stereocenters. The monoisotopic (exact) mass is 214 g/mol. The molecule has 0 aliphatic rings. The zero-order valence-corrected chi connectivity index (χ0v) is 9.52. The van der Waals surface area contributed by atoms with Gasteiger partial charge < -0.3 is 4.18 Å². The van der Waals surface area contributed by atoms with Gasteiger partial charge in [0.25, 0.3) is 0 Å². The Morgan fingerprint density at radius 3 is 1.71 bits per heavy atom. The third-order valence-corrected chi connectivity index (χ3v) is 4.68. The molecule has 0 saturated heterocycles. The van der Waals surface area contributed by atoms with Crippen LogP contribution < -0.4 is 0 Å². The summed E-state index contributed by atoms with van der Waals surface area (Å²) in [5, 5.41) is 0. The molecule has 0 fully saturated rings. The van der Waals surface area contributed by atoms with Crippen molar-refractivity contribution in [3.05, 3.63) is 38.0 Å². The molecule has 0 aromatic heterocycles. The Morgan fingerprint density at radius 2 is 1.50 bits per heavy atom. The van der Waals surface area contributed by atoms with Gasteiger partial charge in [0.1, 0.15) is 0 Å². The van der Waals surface area contributed by atoms with Gasteiger partial charge in [-0.25, -0.2) is 0 Å². The van der Waals surface area contributed by atoms with Gasteiger partial charge in [-0.1, -0.05) is 28.5 Å². The van der Waals surface area contributed by atoms with E-state index in [-0.39, 0.29) is 5.97 Å². The van der Waals surface area contributed by atoms with Crippen molar-refractivity contribution in [3.8, 4) is 0 Å². The lowest BCUT2D eigenvalue weighted by molar-refractivity contribution is -0.130. The van der Waals surface area contributed by atoms with Crippen molar-refractivity contribution in [2.45, 2.75) is 6.92 Å². The molecule has 3 heteroatoms. The van der Waals surface area contributed by atoms with Crippen molar-refractivity contribution >= 4 is 16.3 Å². The first-order valence-corrected chi connectivity index (χ1v) is 6.46. The van der Waals surface area contributed by atoms with Crippen LogP contribution in [0.1, 0.15) is 6.92 Å². The Bertz CT molecular complexity index is 207. The summed E-state index contributed by atoms with van der Waals surface area (Å²) in [7, 11) is -1.45. The lowest BCUT2D eigenvalue weighted by atomic mass is 10.7. The largest absolute Gasteiger partial charge is 0.415 e. The lowest BCUT2D eigenvalue weighted by Crippen LogP contribution is -2.16. The summed E-state index contributed by atoms with van der Waals surface area (Å²) in [6.07, 6.45) is 5.35. The molecule has 0 aromatic carbocycles. The third-order valence-electron chi connectivity index (χ3n) is 1.56. The summed E-state index contributed by atoms with van der Waals surface area (Å²) in [4.78, 5) is 11.0. The fourth-order valence-electron chi connectivity index (χ4n) is 1.20. The normalized spacial score (nSPS) is 11.5. The first-order valence-electron chi connectivity index (χ1n) is 4.39. The molecule has 0 amide bonds. The second-order valence-corrected chi connectivity index (χ2v) is 6.01. The van der Waals surface area contributed by atoms with Crippen molar-refractivity contribution in [1.82, 2.24) is 0 Å². The van der Waals surface area contributed by atoms with Crippen LogP contribution in [-0.4, -0.2) is 23.2 Å². The molecule has 14 heavy (non-hydrogen) atoms. The van der Waals surface area contributed by atoms with Crippen LogP contribution in [0.25, 0.3) is 0 Å². The number of carbonyl (C=O) groups is 1. The minimum atomic E-state index is -1.45. The molecule has 0 aliphatic carbocycles. The maximum atomic E-state index is 11.0. The average molecular weight is 214 g/mol. The van der Waals surface area contributed by atoms with E-state index in [1.165, 1.54) is 6.92 Å². The lowest BCUT2D eigenvalue weighted by Gasteiger charge is -2.35. The van der Waals surface area contributed by atoms with E-state index < -0.39 is 10.3 Å². The quantitative estimate of drug-likeness (QED) is 0.609. The van der Waals surface area contributed by atoms with Crippen molar-refractivity contribution in [2.75, 3.05) is 17.3 Å². The molecule has 80 valence electrons. The van der Waals surface area contributed by atoms with Gasteiger partial charge in [-0.2, -0.15) is 0 Å². The molecule has 0 rings (SSSR count). The Morgan fingerprint density at radius 1 is 1.14 bits per heavy atom. The van der Waals surface area contributed by atoms with Crippen molar-refractivity contribution < 1.29 is 8.98 Å². The number of carbonyl (C=O) groups excluding carboxylic acids is 1. The smallest absolute Gasteiger partial charge is 0.313 e. The number of hydrogen-bond acceptors (Lipinski definition) is 2. The van der Waals surface area contributed by atoms with E-state index >= 15 is 0 Å². The predicted octanol–water partition coefficient (Wildman–Crippen LogP) is 2.83. The molecule has 0 spiro atoms. The summed E-state index contributed by atoms with van der Waals surface area (Å²) in [6.45, 7) is 12.5. The van der Waals surface area contributed by atoms with E-state index in [0.29, 0.717) is 17.3 Å². The highest BCUT2D eigenvalue weighted by Gasteiger charge is 2.23. The van der Waals surface area contributed by atoms with Crippen molar-refractivity contribution in [2.24, 2.45) is 0 Å². The first-order chi connectivity index (χ1) is 6.60. The maximum Gasteiger partial charge on any atom is 0.313 e. The van der Waals surface area contributed by atoms with Crippen molar-refractivity contribution in [1.29, 1.82) is 0 Å². The summed E-state index contributed by atoms with van der Waals surface area (Å²) >= 11 is 0. The van der Waals surface area contributed by atoms with E-state index in [0.717, 1.165) is 0 Å². The first kappa shape index (κ1) is 13.0. The Kier molecular flexibility index (Phi) is 6.04. The second-order valence-electron chi connectivity index (χ2n) is 2.91.